The highest BCUT2D eigenvalue weighted by atomic mass is 16.6. The summed E-state index contributed by atoms with van der Waals surface area (Å²) in [6, 6.07) is 14.9. The summed E-state index contributed by atoms with van der Waals surface area (Å²) >= 11 is 0. The van der Waals surface area contributed by atoms with Crippen LogP contribution in [0.15, 0.2) is 36.4 Å². The number of carbonyl (C=O) groups is 2. The molecular weight excluding hydrogens is 660 g/mol. The van der Waals surface area contributed by atoms with Crippen molar-refractivity contribution in [1.82, 2.24) is 24.7 Å². The second kappa shape index (κ2) is 14.0. The first kappa shape index (κ1) is 35.6. The minimum atomic E-state index is -1.01. The molecule has 1 N–H and O–H groups in total. The number of nitrogens with zero attached hydrogens (tertiary/aromatic N) is 8. The number of amides is 2. The summed E-state index contributed by atoms with van der Waals surface area (Å²) < 4.78 is 12.2. The number of likely N-dealkylation sites (tertiary alicyclic amines) is 1. The number of benzene rings is 2. The zero-order valence-corrected chi connectivity index (χ0v) is 31.0. The predicted octanol–water partition coefficient (Wildman–Crippen LogP) is 5.44. The normalized spacial score (nSPS) is 21.4. The molecule has 0 radical (unpaired) electrons. The molecule has 3 aliphatic heterocycles. The number of nitriles is 1. The minimum Gasteiger partial charge on any atom is -0.465 e. The largest absolute Gasteiger partial charge is 0.465 e. The van der Waals surface area contributed by atoms with Crippen LogP contribution in [0.4, 0.5) is 21.1 Å². The maximum atomic E-state index is 12.8. The van der Waals surface area contributed by atoms with E-state index in [2.05, 4.69) is 64.1 Å². The molecule has 2 amide bonds. The molecule has 2 atom stereocenters. The van der Waals surface area contributed by atoms with E-state index < -0.39 is 17.7 Å². The molecule has 4 heterocycles. The number of aryl methyl sites for hydroxylation is 1. The molecule has 1 aliphatic carbocycles. The highest BCUT2D eigenvalue weighted by Gasteiger charge is 2.52. The number of rotatable bonds is 8. The second-order valence-corrected chi connectivity index (χ2v) is 15.8. The summed E-state index contributed by atoms with van der Waals surface area (Å²) in [6.45, 7) is 12.3. The highest BCUT2D eigenvalue weighted by molar-refractivity contribution is 5.97. The number of likely N-dealkylation sites (N-methyl/N-ethyl adjacent to an activating group) is 1. The Balaban J connectivity index is 1.14. The van der Waals surface area contributed by atoms with Gasteiger partial charge in [0.2, 0.25) is 0 Å². The molecule has 7 rings (SSSR count). The second-order valence-electron chi connectivity index (χ2n) is 15.8. The molecular formula is C39H50N8O5. The summed E-state index contributed by atoms with van der Waals surface area (Å²) in [5, 5.41) is 21.8. The van der Waals surface area contributed by atoms with E-state index >= 15 is 0 Å². The predicted molar refractivity (Wildman–Crippen MR) is 198 cm³/mol. The van der Waals surface area contributed by atoms with Gasteiger partial charge in [-0.2, -0.15) is 15.2 Å². The molecule has 276 valence electrons. The van der Waals surface area contributed by atoms with Crippen LogP contribution in [-0.4, -0.2) is 118 Å². The number of hydrogen-bond acceptors (Lipinski definition) is 10. The number of carbonyl (C=O) groups excluding carboxylic acids is 1. The number of aromatic nitrogens is 2. The number of piperazine rings is 1. The summed E-state index contributed by atoms with van der Waals surface area (Å²) in [5.74, 6) is 0.770. The van der Waals surface area contributed by atoms with Gasteiger partial charge in [-0.25, -0.2) is 9.59 Å². The van der Waals surface area contributed by atoms with Crippen molar-refractivity contribution in [3.63, 3.8) is 0 Å². The van der Waals surface area contributed by atoms with E-state index in [1.165, 1.54) is 26.9 Å². The lowest BCUT2D eigenvalue weighted by Gasteiger charge is -2.41. The lowest BCUT2D eigenvalue weighted by atomic mass is 9.99. The Morgan fingerprint density at radius 2 is 1.83 bits per heavy atom. The molecule has 0 bridgehead atoms. The maximum Gasteiger partial charge on any atom is 0.410 e. The molecule has 4 aliphatic rings. The van der Waals surface area contributed by atoms with Crippen molar-refractivity contribution in [2.45, 2.75) is 89.6 Å². The SMILES string of the molecule is Cc1cccc2cccc(N3CCc4c(nc(OCC5(N6CCC(N(C)C(=O)OC(C)(C)C)C6)CC5)nc4N4CCN(C(=O)O)C(CC#N)C4)C3)c12. The first-order chi connectivity index (χ1) is 24.9. The van der Waals surface area contributed by atoms with Gasteiger partial charge in [-0.15, -0.1) is 0 Å². The number of fused-ring (bicyclic) bond motifs is 2. The summed E-state index contributed by atoms with van der Waals surface area (Å²) in [7, 11) is 1.82. The first-order valence-corrected chi connectivity index (χ1v) is 18.4. The van der Waals surface area contributed by atoms with Crippen molar-refractivity contribution >= 4 is 34.5 Å². The third-order valence-electron chi connectivity index (χ3n) is 11.2. The summed E-state index contributed by atoms with van der Waals surface area (Å²) in [5.41, 5.74) is 3.66. The molecule has 2 saturated heterocycles. The van der Waals surface area contributed by atoms with Crippen LogP contribution in [0.5, 0.6) is 6.01 Å². The van der Waals surface area contributed by atoms with Crippen molar-refractivity contribution in [3.8, 4) is 12.1 Å². The van der Waals surface area contributed by atoms with Crippen LogP contribution >= 0.6 is 0 Å². The van der Waals surface area contributed by atoms with E-state index in [-0.39, 0.29) is 30.6 Å². The van der Waals surface area contributed by atoms with Gasteiger partial charge in [-0.05, 0) is 70.4 Å². The Kier molecular flexibility index (Phi) is 9.54. The molecule has 3 aromatic rings. The molecule has 1 saturated carbocycles. The number of carboxylic acid groups (broad SMARTS) is 1. The van der Waals surface area contributed by atoms with E-state index in [1.807, 2.05) is 27.8 Å². The average Bonchev–Trinajstić information content (AvgIpc) is 3.74. The van der Waals surface area contributed by atoms with Crippen molar-refractivity contribution in [2.24, 2.45) is 0 Å². The smallest absolute Gasteiger partial charge is 0.410 e. The molecule has 13 heteroatoms. The minimum absolute atomic E-state index is 0.0634. The van der Waals surface area contributed by atoms with E-state index in [4.69, 9.17) is 19.4 Å². The molecule has 1 aromatic heterocycles. The molecule has 2 unspecified atom stereocenters. The van der Waals surface area contributed by atoms with Crippen LogP contribution in [0.2, 0.25) is 0 Å². The van der Waals surface area contributed by atoms with Crippen LogP contribution in [0.1, 0.15) is 63.3 Å². The van der Waals surface area contributed by atoms with Crippen molar-refractivity contribution < 1.29 is 24.2 Å². The first-order valence-electron chi connectivity index (χ1n) is 18.4. The van der Waals surface area contributed by atoms with E-state index in [9.17, 15) is 20.0 Å². The van der Waals surface area contributed by atoms with Crippen molar-refractivity contribution in [1.29, 1.82) is 5.26 Å². The zero-order valence-electron chi connectivity index (χ0n) is 31.0. The van der Waals surface area contributed by atoms with Gasteiger partial charge in [-0.3, -0.25) is 4.90 Å². The summed E-state index contributed by atoms with van der Waals surface area (Å²) in [4.78, 5) is 45.0. The van der Waals surface area contributed by atoms with Crippen molar-refractivity contribution in [2.75, 3.05) is 62.7 Å². The van der Waals surface area contributed by atoms with Crippen LogP contribution in [0, 0.1) is 18.3 Å². The zero-order chi connectivity index (χ0) is 36.8. The quantitative estimate of drug-likeness (QED) is 0.320. The van der Waals surface area contributed by atoms with E-state index in [0.717, 1.165) is 62.4 Å². The number of hydrogen-bond donors (Lipinski definition) is 1. The summed E-state index contributed by atoms with van der Waals surface area (Å²) in [6.07, 6.45) is 2.38. The Labute approximate surface area is 305 Å². The van der Waals surface area contributed by atoms with Gasteiger partial charge in [-0.1, -0.05) is 30.3 Å². The molecule has 3 fully saturated rings. The van der Waals surface area contributed by atoms with Gasteiger partial charge in [0.1, 0.15) is 18.0 Å². The van der Waals surface area contributed by atoms with Gasteiger partial charge in [0, 0.05) is 69.0 Å². The molecule has 13 nitrogen and oxygen atoms in total. The molecule has 52 heavy (non-hydrogen) atoms. The van der Waals surface area contributed by atoms with E-state index in [1.54, 1.807) is 4.90 Å². The van der Waals surface area contributed by atoms with Crippen LogP contribution in [0.25, 0.3) is 10.8 Å². The fourth-order valence-electron chi connectivity index (χ4n) is 8.14. The Bertz CT molecular complexity index is 1880. The van der Waals surface area contributed by atoms with Crippen molar-refractivity contribution in [3.05, 3.63) is 53.2 Å². The lowest BCUT2D eigenvalue weighted by molar-refractivity contribution is 0.0219. The molecule has 2 aromatic carbocycles. The Morgan fingerprint density at radius 3 is 2.54 bits per heavy atom. The Morgan fingerprint density at radius 1 is 1.06 bits per heavy atom. The van der Waals surface area contributed by atoms with Crippen LogP contribution < -0.4 is 14.5 Å². The maximum absolute atomic E-state index is 12.8. The number of ether oxygens (including phenoxy) is 2. The van der Waals surface area contributed by atoms with Crippen LogP contribution in [-0.2, 0) is 17.7 Å². The standard InChI is InChI=1S/C39H50N8O5/c1-26-8-6-9-27-10-7-11-32(33(26)27)44-18-14-30-31(24-44)41-35(42-34(30)45-20-21-47(36(48)49)29(22-45)12-17-40)51-25-39(15-16-39)46-19-13-28(23-46)43(5)37(50)52-38(2,3)4/h6-11,28-29H,12-16,18-25H2,1-5H3,(H,48,49). The average molecular weight is 711 g/mol. The van der Waals surface area contributed by atoms with E-state index in [0.29, 0.717) is 32.3 Å². The van der Waals surface area contributed by atoms with Gasteiger partial charge < -0.3 is 34.2 Å². The fourth-order valence-corrected chi connectivity index (χ4v) is 8.14. The Hall–Kier alpha value is -4.83. The monoisotopic (exact) mass is 710 g/mol. The van der Waals surface area contributed by atoms with Gasteiger partial charge in [0.05, 0.1) is 36.3 Å². The van der Waals surface area contributed by atoms with Gasteiger partial charge in [0.15, 0.2) is 0 Å². The number of anilines is 2. The third kappa shape index (κ3) is 7.13. The van der Waals surface area contributed by atoms with Gasteiger partial charge in [0.25, 0.3) is 0 Å². The lowest BCUT2D eigenvalue weighted by Crippen LogP contribution is -2.55. The van der Waals surface area contributed by atoms with Gasteiger partial charge >= 0.3 is 18.2 Å². The third-order valence-corrected chi connectivity index (χ3v) is 11.2. The van der Waals surface area contributed by atoms with Crippen LogP contribution in [0.3, 0.4) is 0 Å². The highest BCUT2D eigenvalue weighted by Crippen LogP contribution is 2.44. The molecule has 0 spiro atoms. The topological polar surface area (TPSA) is 139 Å². The fraction of sp³-hybridized carbons (Fsp3) is 0.564.